The zero-order valence-electron chi connectivity index (χ0n) is 9.52. The highest BCUT2D eigenvalue weighted by Crippen LogP contribution is 2.19. The molecule has 5 heteroatoms. The molecule has 2 heterocycles. The van der Waals surface area contributed by atoms with E-state index in [0.717, 1.165) is 33.7 Å². The van der Waals surface area contributed by atoms with E-state index >= 15 is 0 Å². The summed E-state index contributed by atoms with van der Waals surface area (Å²) in [5.74, 6) is 1.63. The lowest BCUT2D eigenvalue weighted by Crippen LogP contribution is -2.05. The highest BCUT2D eigenvalue weighted by molar-refractivity contribution is 14.1. The molecule has 4 nitrogen and oxygen atoms in total. The average Bonchev–Trinajstić information content (AvgIpc) is 2.39. The molecule has 17 heavy (non-hydrogen) atoms. The fourth-order valence-corrected chi connectivity index (χ4v) is 1.83. The van der Waals surface area contributed by atoms with Gasteiger partial charge in [0.15, 0.2) is 5.82 Å². The van der Waals surface area contributed by atoms with E-state index in [-0.39, 0.29) is 0 Å². The number of rotatable bonds is 4. The normalized spacial score (nSPS) is 10.2. The number of aromatic nitrogens is 3. The minimum absolute atomic E-state index is 0.728. The Labute approximate surface area is 114 Å². The quantitative estimate of drug-likeness (QED) is 0.870. The van der Waals surface area contributed by atoms with Crippen LogP contribution >= 0.6 is 22.6 Å². The number of pyridine rings is 1. The Morgan fingerprint density at radius 1 is 1.29 bits per heavy atom. The molecule has 0 spiro atoms. The Balaban J connectivity index is 2.31. The number of halogens is 1. The molecule has 1 N–H and O–H groups in total. The lowest BCUT2D eigenvalue weighted by atomic mass is 10.2. The second-order valence-corrected chi connectivity index (χ2v) is 4.72. The number of nitrogens with zero attached hydrogens (tertiary/aromatic N) is 3. The summed E-state index contributed by atoms with van der Waals surface area (Å²) >= 11 is 2.24. The number of hydrogen-bond acceptors (Lipinski definition) is 4. The monoisotopic (exact) mass is 340 g/mol. The molecule has 0 unspecified atom stereocenters. The molecule has 2 rings (SSSR count). The van der Waals surface area contributed by atoms with Crippen molar-refractivity contribution in [2.75, 3.05) is 11.9 Å². The standard InChI is InChI=1S/C12H13IN4/c1-2-5-15-12-10(13)8-16-11(17-12)9-3-6-14-7-4-9/h3-4,6-8H,2,5H2,1H3,(H,15,16,17). The summed E-state index contributed by atoms with van der Waals surface area (Å²) in [6.45, 7) is 3.05. The molecule has 0 saturated heterocycles. The van der Waals surface area contributed by atoms with E-state index in [2.05, 4.69) is 49.8 Å². The van der Waals surface area contributed by atoms with E-state index in [0.29, 0.717) is 0 Å². The van der Waals surface area contributed by atoms with Gasteiger partial charge in [-0.05, 0) is 41.1 Å². The van der Waals surface area contributed by atoms with Gasteiger partial charge in [0.25, 0.3) is 0 Å². The van der Waals surface area contributed by atoms with Crippen LogP contribution in [0.3, 0.4) is 0 Å². The van der Waals surface area contributed by atoms with Gasteiger partial charge in [-0.2, -0.15) is 0 Å². The summed E-state index contributed by atoms with van der Waals surface area (Å²) < 4.78 is 1.04. The van der Waals surface area contributed by atoms with Crippen molar-refractivity contribution in [3.63, 3.8) is 0 Å². The van der Waals surface area contributed by atoms with Crippen LogP contribution in [0, 0.1) is 3.57 Å². The van der Waals surface area contributed by atoms with Crippen LogP contribution in [0.1, 0.15) is 13.3 Å². The third kappa shape index (κ3) is 3.12. The molecule has 2 aromatic rings. The van der Waals surface area contributed by atoms with Crippen molar-refractivity contribution in [1.82, 2.24) is 15.0 Å². The predicted molar refractivity (Wildman–Crippen MR) is 76.8 cm³/mol. The van der Waals surface area contributed by atoms with Gasteiger partial charge in [-0.15, -0.1) is 0 Å². The molecule has 0 amide bonds. The zero-order chi connectivity index (χ0) is 12.1. The van der Waals surface area contributed by atoms with Gasteiger partial charge < -0.3 is 5.32 Å². The summed E-state index contributed by atoms with van der Waals surface area (Å²) in [6, 6.07) is 3.82. The van der Waals surface area contributed by atoms with Crippen molar-refractivity contribution in [1.29, 1.82) is 0 Å². The minimum atomic E-state index is 0.728. The van der Waals surface area contributed by atoms with Gasteiger partial charge in [0, 0.05) is 30.7 Å². The lowest BCUT2D eigenvalue weighted by Gasteiger charge is -2.07. The van der Waals surface area contributed by atoms with Crippen LogP contribution in [0.4, 0.5) is 5.82 Å². The van der Waals surface area contributed by atoms with Crippen LogP contribution in [0.15, 0.2) is 30.7 Å². The molecule has 2 aromatic heterocycles. The topological polar surface area (TPSA) is 50.7 Å². The number of hydrogen-bond donors (Lipinski definition) is 1. The third-order valence-corrected chi connectivity index (χ3v) is 3.01. The maximum absolute atomic E-state index is 4.52. The first-order valence-electron chi connectivity index (χ1n) is 5.48. The van der Waals surface area contributed by atoms with Gasteiger partial charge in [0.1, 0.15) is 5.82 Å². The molecule has 0 aliphatic rings. The molecule has 0 aliphatic carbocycles. The minimum Gasteiger partial charge on any atom is -0.369 e. The van der Waals surface area contributed by atoms with E-state index in [1.165, 1.54) is 0 Å². The van der Waals surface area contributed by atoms with Gasteiger partial charge in [-0.25, -0.2) is 9.97 Å². The molecule has 0 saturated carbocycles. The van der Waals surface area contributed by atoms with Gasteiger partial charge in [0.05, 0.1) is 3.57 Å². The van der Waals surface area contributed by atoms with Gasteiger partial charge in [-0.1, -0.05) is 6.92 Å². The molecule has 0 bridgehead atoms. The molecule has 88 valence electrons. The number of nitrogens with one attached hydrogen (secondary N) is 1. The lowest BCUT2D eigenvalue weighted by molar-refractivity contribution is 0.963. The van der Waals surface area contributed by atoms with E-state index < -0.39 is 0 Å². The molecule has 0 atom stereocenters. The van der Waals surface area contributed by atoms with Crippen molar-refractivity contribution >= 4 is 28.4 Å². The van der Waals surface area contributed by atoms with Crippen molar-refractivity contribution in [3.8, 4) is 11.4 Å². The Hall–Kier alpha value is -1.24. The van der Waals surface area contributed by atoms with Gasteiger partial charge >= 0.3 is 0 Å². The molecule has 0 aromatic carbocycles. The summed E-state index contributed by atoms with van der Waals surface area (Å²) in [6.07, 6.45) is 6.40. The van der Waals surface area contributed by atoms with Crippen molar-refractivity contribution in [2.45, 2.75) is 13.3 Å². The maximum atomic E-state index is 4.52. The maximum Gasteiger partial charge on any atom is 0.161 e. The predicted octanol–water partition coefficient (Wildman–Crippen LogP) is 2.97. The fraction of sp³-hybridized carbons (Fsp3) is 0.250. The van der Waals surface area contributed by atoms with Crippen LogP contribution < -0.4 is 5.32 Å². The van der Waals surface area contributed by atoms with E-state index in [4.69, 9.17) is 0 Å². The zero-order valence-corrected chi connectivity index (χ0v) is 11.7. The van der Waals surface area contributed by atoms with Crippen LogP contribution in [0.2, 0.25) is 0 Å². The SMILES string of the molecule is CCCNc1nc(-c2ccncc2)ncc1I. The summed E-state index contributed by atoms with van der Waals surface area (Å²) in [5, 5.41) is 3.30. The Morgan fingerprint density at radius 3 is 2.76 bits per heavy atom. The second kappa shape index (κ2) is 5.90. The van der Waals surface area contributed by atoms with Crippen LogP contribution in [-0.4, -0.2) is 21.5 Å². The number of anilines is 1. The Bertz CT molecular complexity index is 487. The van der Waals surface area contributed by atoms with E-state index in [1.807, 2.05) is 18.3 Å². The molecular weight excluding hydrogens is 327 g/mol. The smallest absolute Gasteiger partial charge is 0.161 e. The van der Waals surface area contributed by atoms with Crippen molar-refractivity contribution in [2.24, 2.45) is 0 Å². The Morgan fingerprint density at radius 2 is 2.06 bits per heavy atom. The van der Waals surface area contributed by atoms with Gasteiger partial charge in [0.2, 0.25) is 0 Å². The first-order chi connectivity index (χ1) is 8.31. The highest BCUT2D eigenvalue weighted by Gasteiger charge is 2.05. The average molecular weight is 340 g/mol. The summed E-state index contributed by atoms with van der Waals surface area (Å²) in [5.41, 5.74) is 0.982. The molecular formula is C12H13IN4. The summed E-state index contributed by atoms with van der Waals surface area (Å²) in [4.78, 5) is 12.8. The van der Waals surface area contributed by atoms with Crippen molar-refractivity contribution in [3.05, 3.63) is 34.3 Å². The fourth-order valence-electron chi connectivity index (χ4n) is 1.37. The first kappa shape index (κ1) is 12.2. The Kier molecular flexibility index (Phi) is 4.24. The summed E-state index contributed by atoms with van der Waals surface area (Å²) in [7, 11) is 0. The van der Waals surface area contributed by atoms with Crippen LogP contribution in [0.25, 0.3) is 11.4 Å². The second-order valence-electron chi connectivity index (χ2n) is 3.55. The van der Waals surface area contributed by atoms with Crippen LogP contribution in [-0.2, 0) is 0 Å². The molecule has 0 aliphatic heterocycles. The van der Waals surface area contributed by atoms with Crippen molar-refractivity contribution < 1.29 is 0 Å². The third-order valence-electron chi connectivity index (χ3n) is 2.23. The van der Waals surface area contributed by atoms with Crippen LogP contribution in [0.5, 0.6) is 0 Å². The highest BCUT2D eigenvalue weighted by atomic mass is 127. The molecule has 0 fully saturated rings. The van der Waals surface area contributed by atoms with E-state index in [9.17, 15) is 0 Å². The first-order valence-corrected chi connectivity index (χ1v) is 6.56. The van der Waals surface area contributed by atoms with Gasteiger partial charge in [-0.3, -0.25) is 4.98 Å². The largest absolute Gasteiger partial charge is 0.369 e. The van der Waals surface area contributed by atoms with E-state index in [1.54, 1.807) is 12.4 Å². The molecule has 0 radical (unpaired) electrons.